The van der Waals surface area contributed by atoms with Crippen LogP contribution in [0.25, 0.3) is 22.6 Å². The van der Waals surface area contributed by atoms with E-state index in [2.05, 4.69) is 14.5 Å². The molecule has 0 fully saturated rings. The second kappa shape index (κ2) is 5.74. The molecule has 2 aliphatic rings. The quantitative estimate of drug-likeness (QED) is 0.428. The first kappa shape index (κ1) is 15.3. The van der Waals surface area contributed by atoms with Crippen molar-refractivity contribution in [2.45, 2.75) is 0 Å². The molecule has 0 aromatic heterocycles. The average molecular weight is 304 g/mol. The van der Waals surface area contributed by atoms with E-state index in [0.29, 0.717) is 0 Å². The van der Waals surface area contributed by atoms with E-state index >= 15 is 0 Å². The SMILES string of the molecule is CN(C)c1ccc2nc3ccc(=[N+](C)C)cc-3oc2c1.[Cl-]. The molecule has 1 aliphatic carbocycles. The summed E-state index contributed by atoms with van der Waals surface area (Å²) >= 11 is 0. The van der Waals surface area contributed by atoms with E-state index in [1.54, 1.807) is 0 Å². The Bertz CT molecular complexity index is 819. The molecule has 4 nitrogen and oxygen atoms in total. The van der Waals surface area contributed by atoms with Gasteiger partial charge in [0.25, 0.3) is 0 Å². The fourth-order valence-electron chi connectivity index (χ4n) is 2.16. The first-order valence-electron chi connectivity index (χ1n) is 6.57. The zero-order valence-electron chi connectivity index (χ0n) is 12.6. The lowest BCUT2D eigenvalue weighted by atomic mass is 10.2. The van der Waals surface area contributed by atoms with Gasteiger partial charge < -0.3 is 21.7 Å². The molecule has 1 aromatic carbocycles. The number of anilines is 1. The number of benzene rings is 2. The van der Waals surface area contributed by atoms with E-state index < -0.39 is 0 Å². The third-order valence-corrected chi connectivity index (χ3v) is 3.38. The fraction of sp³-hybridized carbons (Fsp3) is 0.250. The van der Waals surface area contributed by atoms with Gasteiger partial charge in [0.15, 0.2) is 11.3 Å². The van der Waals surface area contributed by atoms with Gasteiger partial charge in [-0.15, -0.1) is 0 Å². The van der Waals surface area contributed by atoms with E-state index in [-0.39, 0.29) is 12.4 Å². The van der Waals surface area contributed by atoms with Crippen molar-refractivity contribution in [3.05, 3.63) is 41.8 Å². The van der Waals surface area contributed by atoms with Crippen molar-refractivity contribution in [1.29, 1.82) is 0 Å². The van der Waals surface area contributed by atoms with E-state index in [9.17, 15) is 0 Å². The highest BCUT2D eigenvalue weighted by Gasteiger charge is 2.11. The molecule has 5 heteroatoms. The number of hydrogen-bond acceptors (Lipinski definition) is 3. The highest BCUT2D eigenvalue weighted by atomic mass is 35.5. The third-order valence-electron chi connectivity index (χ3n) is 3.38. The number of halogens is 1. The summed E-state index contributed by atoms with van der Waals surface area (Å²) in [6.07, 6.45) is 0. The van der Waals surface area contributed by atoms with E-state index in [0.717, 1.165) is 33.6 Å². The molecular formula is C16H18ClN3O. The third kappa shape index (κ3) is 2.85. The molecule has 1 aliphatic heterocycles. The van der Waals surface area contributed by atoms with Crippen molar-refractivity contribution in [3.63, 3.8) is 0 Å². The van der Waals surface area contributed by atoms with Crippen LogP contribution in [0.4, 0.5) is 5.69 Å². The molecule has 0 saturated heterocycles. The Balaban J connectivity index is 0.00000161. The van der Waals surface area contributed by atoms with Crippen molar-refractivity contribution in [2.75, 3.05) is 33.1 Å². The maximum atomic E-state index is 6.01. The first-order chi connectivity index (χ1) is 9.54. The Morgan fingerprint density at radius 2 is 1.81 bits per heavy atom. The standard InChI is InChI=1S/C16H18N3O.ClH/c1-18(2)11-5-7-13-15(9-11)20-16-10-12(19(3)4)6-8-14(16)17-13;/h5-10H,1-4H3;1H/q+1;/p-1. The van der Waals surface area contributed by atoms with Gasteiger partial charge in [-0.05, 0) is 18.2 Å². The van der Waals surface area contributed by atoms with Crippen LogP contribution >= 0.6 is 0 Å². The average Bonchev–Trinajstić information content (AvgIpc) is 2.43. The normalized spacial score (nSPS) is 10.5. The largest absolute Gasteiger partial charge is 1.00 e. The predicted octanol–water partition coefficient (Wildman–Crippen LogP) is -0.966. The molecule has 0 spiro atoms. The maximum Gasteiger partial charge on any atom is 0.203 e. The second-order valence-electron chi connectivity index (χ2n) is 5.31. The fourth-order valence-corrected chi connectivity index (χ4v) is 2.16. The molecular weight excluding hydrogens is 286 g/mol. The monoisotopic (exact) mass is 303 g/mol. The van der Waals surface area contributed by atoms with Crippen LogP contribution in [-0.2, 0) is 0 Å². The number of hydrogen-bond donors (Lipinski definition) is 0. The number of nitrogens with zero attached hydrogens (tertiary/aromatic N) is 3. The van der Waals surface area contributed by atoms with E-state index in [1.165, 1.54) is 0 Å². The summed E-state index contributed by atoms with van der Waals surface area (Å²) in [6.45, 7) is 0. The lowest BCUT2D eigenvalue weighted by Crippen LogP contribution is -3.00. The van der Waals surface area contributed by atoms with Crippen LogP contribution in [0, 0.1) is 0 Å². The zero-order valence-corrected chi connectivity index (χ0v) is 13.3. The Morgan fingerprint density at radius 3 is 2.48 bits per heavy atom. The molecule has 0 atom stereocenters. The Morgan fingerprint density at radius 1 is 1.05 bits per heavy atom. The summed E-state index contributed by atoms with van der Waals surface area (Å²) in [5, 5.41) is 1.10. The van der Waals surface area contributed by atoms with E-state index in [4.69, 9.17) is 4.42 Å². The van der Waals surface area contributed by atoms with Gasteiger partial charge in [0.1, 0.15) is 25.3 Å². The predicted molar refractivity (Wildman–Crippen MR) is 82.1 cm³/mol. The van der Waals surface area contributed by atoms with Crippen LogP contribution in [0.3, 0.4) is 0 Å². The summed E-state index contributed by atoms with van der Waals surface area (Å²) in [7, 11) is 8.05. The molecule has 0 amide bonds. The minimum absolute atomic E-state index is 0. The van der Waals surface area contributed by atoms with Crippen LogP contribution in [-0.4, -0.2) is 33.2 Å². The van der Waals surface area contributed by atoms with Crippen molar-refractivity contribution >= 4 is 16.8 Å². The number of rotatable bonds is 1. The van der Waals surface area contributed by atoms with Crippen molar-refractivity contribution < 1.29 is 16.8 Å². The highest BCUT2D eigenvalue weighted by Crippen LogP contribution is 2.26. The molecule has 1 aromatic rings. The topological polar surface area (TPSA) is 32.3 Å². The molecule has 0 unspecified atom stereocenters. The molecule has 1 heterocycles. The second-order valence-corrected chi connectivity index (χ2v) is 5.31. The van der Waals surface area contributed by atoms with Gasteiger partial charge in [0, 0.05) is 31.9 Å². The van der Waals surface area contributed by atoms with Gasteiger partial charge in [-0.2, -0.15) is 0 Å². The molecule has 3 rings (SSSR count). The summed E-state index contributed by atoms with van der Waals surface area (Å²) < 4.78 is 8.06. The van der Waals surface area contributed by atoms with Crippen molar-refractivity contribution in [3.8, 4) is 11.5 Å². The molecule has 110 valence electrons. The Hall–Kier alpha value is -2.07. The molecule has 0 N–H and O–H groups in total. The first-order valence-corrected chi connectivity index (χ1v) is 6.57. The molecule has 21 heavy (non-hydrogen) atoms. The summed E-state index contributed by atoms with van der Waals surface area (Å²) in [5.74, 6) is 0.805. The number of fused-ring (bicyclic) bond motifs is 2. The molecule has 0 saturated carbocycles. The van der Waals surface area contributed by atoms with Crippen LogP contribution in [0.1, 0.15) is 0 Å². The van der Waals surface area contributed by atoms with E-state index in [1.807, 2.05) is 64.6 Å². The smallest absolute Gasteiger partial charge is 0.203 e. The van der Waals surface area contributed by atoms with Crippen molar-refractivity contribution in [1.82, 2.24) is 9.56 Å². The summed E-state index contributed by atoms with van der Waals surface area (Å²) in [6, 6.07) is 12.1. The van der Waals surface area contributed by atoms with Gasteiger partial charge in [-0.1, -0.05) is 0 Å². The summed E-state index contributed by atoms with van der Waals surface area (Å²) in [5.41, 5.74) is 3.66. The maximum absolute atomic E-state index is 6.01. The Kier molecular flexibility index (Phi) is 4.19. The molecule has 0 bridgehead atoms. The number of aromatic nitrogens is 1. The van der Waals surface area contributed by atoms with Crippen LogP contribution in [0.15, 0.2) is 40.8 Å². The minimum Gasteiger partial charge on any atom is -1.00 e. The lowest BCUT2D eigenvalue weighted by Gasteiger charge is -2.13. The van der Waals surface area contributed by atoms with Gasteiger partial charge in [-0.25, -0.2) is 9.56 Å². The zero-order chi connectivity index (χ0) is 14.3. The van der Waals surface area contributed by atoms with Crippen LogP contribution in [0.2, 0.25) is 0 Å². The van der Waals surface area contributed by atoms with Gasteiger partial charge in [-0.3, -0.25) is 0 Å². The highest BCUT2D eigenvalue weighted by molar-refractivity contribution is 5.79. The molecule has 0 radical (unpaired) electrons. The van der Waals surface area contributed by atoms with Gasteiger partial charge >= 0.3 is 0 Å². The van der Waals surface area contributed by atoms with Crippen LogP contribution < -0.4 is 27.2 Å². The van der Waals surface area contributed by atoms with Crippen LogP contribution in [0.5, 0.6) is 0 Å². The summed E-state index contributed by atoms with van der Waals surface area (Å²) in [4.78, 5) is 6.70. The lowest BCUT2D eigenvalue weighted by molar-refractivity contribution is -0.00000471. The van der Waals surface area contributed by atoms with Crippen molar-refractivity contribution in [2.24, 2.45) is 0 Å². The Labute approximate surface area is 130 Å². The van der Waals surface area contributed by atoms with Gasteiger partial charge in [0.05, 0.1) is 6.07 Å². The minimum atomic E-state index is 0. The van der Waals surface area contributed by atoms with Gasteiger partial charge in [0.2, 0.25) is 5.36 Å².